The van der Waals surface area contributed by atoms with Gasteiger partial charge in [0.1, 0.15) is 35.1 Å². The van der Waals surface area contributed by atoms with Crippen LogP contribution in [0.15, 0.2) is 17.5 Å². The van der Waals surface area contributed by atoms with E-state index in [1.54, 1.807) is 13.0 Å². The number of nitrogens with zero attached hydrogens (tertiary/aromatic N) is 1. The second-order valence-electron chi connectivity index (χ2n) is 8.68. The summed E-state index contributed by atoms with van der Waals surface area (Å²) in [4.78, 5) is 76.4. The summed E-state index contributed by atoms with van der Waals surface area (Å²) in [5, 5.41) is 13.3. The van der Waals surface area contributed by atoms with Crippen LogP contribution in [-0.4, -0.2) is 81.9 Å². The van der Waals surface area contributed by atoms with E-state index in [-0.39, 0.29) is 31.9 Å². The van der Waals surface area contributed by atoms with Gasteiger partial charge < -0.3 is 24.8 Å². The van der Waals surface area contributed by atoms with Gasteiger partial charge in [0.05, 0.1) is 13.0 Å². The summed E-state index contributed by atoms with van der Waals surface area (Å²) in [6, 6.07) is 2.73. The maximum absolute atomic E-state index is 12.9. The number of thioether (sulfide) groups is 1. The lowest BCUT2D eigenvalue weighted by atomic mass is 9.78. The Morgan fingerprint density at radius 3 is 2.53 bits per heavy atom. The lowest BCUT2D eigenvalue weighted by Gasteiger charge is -2.56. The third-order valence-corrected chi connectivity index (χ3v) is 8.87. The van der Waals surface area contributed by atoms with Crippen LogP contribution in [0.2, 0.25) is 0 Å². The van der Waals surface area contributed by atoms with Crippen LogP contribution in [0.3, 0.4) is 0 Å². The molecule has 3 rings (SSSR count). The Kier molecular flexibility index (Phi) is 8.77. The van der Waals surface area contributed by atoms with Crippen molar-refractivity contribution >= 4 is 58.6 Å². The van der Waals surface area contributed by atoms with Gasteiger partial charge in [0.15, 0.2) is 0 Å². The first-order valence-electron chi connectivity index (χ1n) is 11.3. The molecule has 0 spiro atoms. The molecule has 2 aliphatic heterocycles. The van der Waals surface area contributed by atoms with E-state index in [0.717, 1.165) is 23.6 Å². The summed E-state index contributed by atoms with van der Waals surface area (Å²) in [7, 11) is 0. The number of β-lactam (4-membered cyclic amide) rings is 1. The number of amides is 2. The fraction of sp³-hybridized carbons (Fsp3) is 0.565. The molecule has 13 heteroatoms. The number of ether oxygens (including phenoxy) is 2. The molecule has 36 heavy (non-hydrogen) atoms. The van der Waals surface area contributed by atoms with E-state index in [9.17, 15) is 33.9 Å². The quantitative estimate of drug-likeness (QED) is 0.234. The number of esters is 2. The zero-order valence-electron chi connectivity index (χ0n) is 20.1. The average molecular weight is 541 g/mol. The van der Waals surface area contributed by atoms with Gasteiger partial charge in [0, 0.05) is 23.6 Å². The second-order valence-corrected chi connectivity index (χ2v) is 11.0. The molecule has 0 aromatic carbocycles. The number of carbonyl (C=O) groups excluding carboxylic acids is 5. The first kappa shape index (κ1) is 27.7. The minimum atomic E-state index is -1.77. The van der Waals surface area contributed by atoms with Crippen LogP contribution in [0.5, 0.6) is 0 Å². The molecule has 0 aliphatic carbocycles. The van der Waals surface area contributed by atoms with E-state index in [1.807, 2.05) is 11.4 Å². The van der Waals surface area contributed by atoms with Crippen molar-refractivity contribution in [2.24, 2.45) is 11.3 Å². The first-order valence-corrected chi connectivity index (χ1v) is 13.1. The summed E-state index contributed by atoms with van der Waals surface area (Å²) in [5.41, 5.74) is -1.77. The summed E-state index contributed by atoms with van der Waals surface area (Å²) >= 11 is 2.48. The number of aliphatic carboxylic acids is 1. The highest BCUT2D eigenvalue weighted by Gasteiger charge is 2.62. The standard InChI is InChI=1S/C23H28N2O9S2/c1-4-33-21(30)15(12(2)26)9-16-23(22(31)32,11-34-13(3)27)10-25-19(29)18(20(25)36-16)24-17(28)8-14-6-5-7-35-14/h5-7,15-16,18,20H,4,8-11H2,1-3H3,(H,24,28)(H,31,32)/t15?,16?,18?,20-,23?/m1/s1. The number of hydrogen-bond acceptors (Lipinski definition) is 10. The summed E-state index contributed by atoms with van der Waals surface area (Å²) < 4.78 is 10.1. The molecule has 4 unspecified atom stereocenters. The van der Waals surface area contributed by atoms with Crippen molar-refractivity contribution in [3.8, 4) is 0 Å². The molecule has 1 aromatic rings. The molecule has 1 aromatic heterocycles. The maximum atomic E-state index is 12.9. The first-order chi connectivity index (χ1) is 17.0. The number of carbonyl (C=O) groups is 6. The van der Waals surface area contributed by atoms with Gasteiger partial charge in [-0.2, -0.15) is 0 Å². The number of ketones is 1. The van der Waals surface area contributed by atoms with E-state index in [0.29, 0.717) is 0 Å². The number of carboxylic acid groups (broad SMARTS) is 1. The SMILES string of the molecule is CCOC(=O)C(CC1S[C@@H]2C(NC(=O)Cc3cccs3)C(=O)N2CC1(COC(C)=O)C(=O)O)C(C)=O. The Hall–Kier alpha value is -2.93. The number of hydrogen-bond donors (Lipinski definition) is 2. The van der Waals surface area contributed by atoms with Crippen molar-refractivity contribution in [1.82, 2.24) is 10.2 Å². The molecule has 2 fully saturated rings. The van der Waals surface area contributed by atoms with Gasteiger partial charge in [-0.05, 0) is 31.7 Å². The lowest BCUT2D eigenvalue weighted by Crippen LogP contribution is -2.75. The second kappa shape index (κ2) is 11.4. The molecule has 2 aliphatic rings. The smallest absolute Gasteiger partial charge is 0.316 e. The highest BCUT2D eigenvalue weighted by Crippen LogP contribution is 2.49. The summed E-state index contributed by atoms with van der Waals surface area (Å²) in [6.07, 6.45) is -0.0934. The van der Waals surface area contributed by atoms with Gasteiger partial charge in [-0.15, -0.1) is 23.1 Å². The van der Waals surface area contributed by atoms with Crippen molar-refractivity contribution < 1.29 is 43.3 Å². The van der Waals surface area contributed by atoms with Crippen LogP contribution in [0.1, 0.15) is 32.1 Å². The zero-order valence-corrected chi connectivity index (χ0v) is 21.7. The molecule has 0 radical (unpaired) electrons. The van der Waals surface area contributed by atoms with Gasteiger partial charge in [0.25, 0.3) is 0 Å². The zero-order chi connectivity index (χ0) is 26.6. The minimum Gasteiger partial charge on any atom is -0.481 e. The largest absolute Gasteiger partial charge is 0.481 e. The normalized spacial score (nSPS) is 25.7. The van der Waals surface area contributed by atoms with Crippen LogP contribution in [-0.2, 0) is 44.7 Å². The van der Waals surface area contributed by atoms with E-state index < -0.39 is 64.2 Å². The van der Waals surface area contributed by atoms with E-state index in [1.165, 1.54) is 23.2 Å². The van der Waals surface area contributed by atoms with Crippen molar-refractivity contribution in [3.05, 3.63) is 22.4 Å². The van der Waals surface area contributed by atoms with Crippen LogP contribution >= 0.6 is 23.1 Å². The number of rotatable bonds is 11. The third-order valence-electron chi connectivity index (χ3n) is 6.22. The van der Waals surface area contributed by atoms with Crippen molar-refractivity contribution in [2.45, 2.75) is 50.3 Å². The van der Waals surface area contributed by atoms with Crippen molar-refractivity contribution in [1.29, 1.82) is 0 Å². The minimum absolute atomic E-state index is 0.0429. The molecule has 2 saturated heterocycles. The van der Waals surface area contributed by atoms with Gasteiger partial charge in [0.2, 0.25) is 11.8 Å². The highest BCUT2D eigenvalue weighted by atomic mass is 32.2. The monoisotopic (exact) mass is 540 g/mol. The highest BCUT2D eigenvalue weighted by molar-refractivity contribution is 8.00. The van der Waals surface area contributed by atoms with Gasteiger partial charge in [-0.25, -0.2) is 0 Å². The Balaban J connectivity index is 1.86. The summed E-state index contributed by atoms with van der Waals surface area (Å²) in [5.74, 6) is -5.33. The van der Waals surface area contributed by atoms with Gasteiger partial charge in [-0.1, -0.05) is 6.07 Å². The van der Waals surface area contributed by atoms with Crippen LogP contribution in [0.25, 0.3) is 0 Å². The van der Waals surface area contributed by atoms with Crippen LogP contribution < -0.4 is 5.32 Å². The Labute approximate surface area is 215 Å². The van der Waals surface area contributed by atoms with Gasteiger partial charge >= 0.3 is 17.9 Å². The van der Waals surface area contributed by atoms with E-state index in [4.69, 9.17) is 9.47 Å². The molecular weight excluding hydrogens is 512 g/mol. The maximum Gasteiger partial charge on any atom is 0.316 e. The fourth-order valence-corrected chi connectivity index (χ4v) is 6.79. The Morgan fingerprint density at radius 2 is 1.97 bits per heavy atom. The number of fused-ring (bicyclic) bond motifs is 1. The topological polar surface area (TPSA) is 156 Å². The van der Waals surface area contributed by atoms with E-state index >= 15 is 0 Å². The molecule has 0 bridgehead atoms. The Morgan fingerprint density at radius 1 is 1.25 bits per heavy atom. The molecule has 196 valence electrons. The molecule has 2 N–H and O–H groups in total. The van der Waals surface area contributed by atoms with Crippen molar-refractivity contribution in [3.63, 3.8) is 0 Å². The molecule has 0 saturated carbocycles. The number of Topliss-reactive ketones (excluding diaryl/α,β-unsaturated/α-hetero) is 1. The number of carboxylic acids is 1. The molecule has 2 amide bonds. The average Bonchev–Trinajstić information content (AvgIpc) is 3.32. The lowest BCUT2D eigenvalue weighted by molar-refractivity contribution is -0.169. The van der Waals surface area contributed by atoms with Crippen molar-refractivity contribution in [2.75, 3.05) is 19.8 Å². The van der Waals surface area contributed by atoms with E-state index in [2.05, 4.69) is 5.32 Å². The van der Waals surface area contributed by atoms with Crippen LogP contribution in [0, 0.1) is 11.3 Å². The predicted molar refractivity (Wildman–Crippen MR) is 129 cm³/mol. The molecule has 5 atom stereocenters. The summed E-state index contributed by atoms with van der Waals surface area (Å²) in [6.45, 7) is 3.13. The predicted octanol–water partition coefficient (Wildman–Crippen LogP) is 0.852. The fourth-order valence-electron chi connectivity index (χ4n) is 4.28. The Bertz CT molecular complexity index is 1040. The van der Waals surface area contributed by atoms with Crippen LogP contribution in [0.4, 0.5) is 0 Å². The molecule has 3 heterocycles. The molecular formula is C23H28N2O9S2. The number of thiophene rings is 1. The molecule has 11 nitrogen and oxygen atoms in total. The van der Waals surface area contributed by atoms with Gasteiger partial charge in [-0.3, -0.25) is 28.8 Å². The third kappa shape index (κ3) is 5.72. The number of nitrogens with one attached hydrogen (secondary N) is 1.